The summed E-state index contributed by atoms with van der Waals surface area (Å²) in [5.41, 5.74) is 0.952. The van der Waals surface area contributed by atoms with Gasteiger partial charge < -0.3 is 9.47 Å². The second kappa shape index (κ2) is 5.87. The third-order valence-electron chi connectivity index (χ3n) is 2.68. The molecule has 0 saturated carbocycles. The Kier molecular flexibility index (Phi) is 3.98. The summed E-state index contributed by atoms with van der Waals surface area (Å²) in [6, 6.07) is 9.36. The Labute approximate surface area is 111 Å². The van der Waals surface area contributed by atoms with Gasteiger partial charge >= 0.3 is 0 Å². The molecule has 6 heteroatoms. The highest BCUT2D eigenvalue weighted by Crippen LogP contribution is 2.26. The number of aromatic nitrogens is 3. The summed E-state index contributed by atoms with van der Waals surface area (Å²) >= 11 is 0. The van der Waals surface area contributed by atoms with Gasteiger partial charge in [-0.3, -0.25) is 0 Å². The van der Waals surface area contributed by atoms with E-state index in [0.29, 0.717) is 23.7 Å². The SMILES string of the molecule is CCn1nnc(C#N)c1COc1ccccc1OC. The lowest BCUT2D eigenvalue weighted by molar-refractivity contribution is 0.273. The monoisotopic (exact) mass is 258 g/mol. The number of hydrogen-bond donors (Lipinski definition) is 0. The van der Waals surface area contributed by atoms with Crippen LogP contribution in [0.2, 0.25) is 0 Å². The van der Waals surface area contributed by atoms with Crippen molar-refractivity contribution < 1.29 is 9.47 Å². The van der Waals surface area contributed by atoms with E-state index in [1.807, 2.05) is 37.3 Å². The second-order valence-corrected chi connectivity index (χ2v) is 3.75. The lowest BCUT2D eigenvalue weighted by atomic mass is 10.3. The summed E-state index contributed by atoms with van der Waals surface area (Å²) in [6.45, 7) is 2.80. The van der Waals surface area contributed by atoms with Crippen LogP contribution < -0.4 is 9.47 Å². The third-order valence-corrected chi connectivity index (χ3v) is 2.68. The summed E-state index contributed by atoms with van der Waals surface area (Å²) in [4.78, 5) is 0. The number of aryl methyl sites for hydroxylation is 1. The minimum Gasteiger partial charge on any atom is -0.493 e. The molecule has 98 valence electrons. The predicted octanol–water partition coefficient (Wildman–Crippen LogP) is 1.76. The van der Waals surface area contributed by atoms with E-state index < -0.39 is 0 Å². The first kappa shape index (κ1) is 12.9. The Balaban J connectivity index is 2.19. The molecule has 2 rings (SSSR count). The molecule has 0 aliphatic carbocycles. The van der Waals surface area contributed by atoms with E-state index in [9.17, 15) is 0 Å². The van der Waals surface area contributed by atoms with E-state index in [4.69, 9.17) is 14.7 Å². The number of hydrogen-bond acceptors (Lipinski definition) is 5. The summed E-state index contributed by atoms with van der Waals surface area (Å²) in [5.74, 6) is 1.27. The molecule has 0 N–H and O–H groups in total. The van der Waals surface area contributed by atoms with Gasteiger partial charge in [0.15, 0.2) is 17.2 Å². The van der Waals surface area contributed by atoms with Crippen molar-refractivity contribution in [3.63, 3.8) is 0 Å². The Bertz CT molecular complexity index is 601. The first-order valence-corrected chi connectivity index (χ1v) is 5.88. The smallest absolute Gasteiger partial charge is 0.189 e. The van der Waals surface area contributed by atoms with Crippen LogP contribution >= 0.6 is 0 Å². The van der Waals surface area contributed by atoms with Crippen molar-refractivity contribution in [2.45, 2.75) is 20.1 Å². The lowest BCUT2D eigenvalue weighted by Crippen LogP contribution is -2.07. The van der Waals surface area contributed by atoms with Gasteiger partial charge in [-0.1, -0.05) is 17.3 Å². The van der Waals surface area contributed by atoms with Crippen LogP contribution in [0.3, 0.4) is 0 Å². The van der Waals surface area contributed by atoms with Gasteiger partial charge in [-0.25, -0.2) is 4.68 Å². The maximum absolute atomic E-state index is 8.98. The molecule has 0 bridgehead atoms. The van der Waals surface area contributed by atoms with Crippen molar-refractivity contribution in [3.05, 3.63) is 35.7 Å². The van der Waals surface area contributed by atoms with E-state index in [1.165, 1.54) is 0 Å². The summed E-state index contributed by atoms with van der Waals surface area (Å²) in [5, 5.41) is 16.7. The van der Waals surface area contributed by atoms with Gasteiger partial charge in [-0.05, 0) is 19.1 Å². The topological polar surface area (TPSA) is 73.0 Å². The van der Waals surface area contributed by atoms with Crippen LogP contribution in [0.1, 0.15) is 18.3 Å². The number of ether oxygens (including phenoxy) is 2. The molecule has 2 aromatic rings. The van der Waals surface area contributed by atoms with Gasteiger partial charge in [-0.15, -0.1) is 5.10 Å². The fourth-order valence-electron chi connectivity index (χ4n) is 1.70. The molecule has 0 aliphatic heterocycles. The minimum absolute atomic E-state index is 0.226. The molecule has 0 amide bonds. The summed E-state index contributed by atoms with van der Waals surface area (Å²) < 4.78 is 12.5. The molecule has 0 fully saturated rings. The van der Waals surface area contributed by atoms with Crippen molar-refractivity contribution >= 4 is 0 Å². The molecule has 0 unspecified atom stereocenters. The Hall–Kier alpha value is -2.55. The molecular formula is C13H14N4O2. The van der Waals surface area contributed by atoms with E-state index in [0.717, 1.165) is 0 Å². The molecule has 1 aromatic carbocycles. The Morgan fingerprint density at radius 3 is 2.68 bits per heavy atom. The maximum Gasteiger partial charge on any atom is 0.189 e. The van der Waals surface area contributed by atoms with Crippen molar-refractivity contribution in [1.29, 1.82) is 5.26 Å². The first-order valence-electron chi connectivity index (χ1n) is 5.88. The number of rotatable bonds is 5. The molecule has 1 heterocycles. The van der Waals surface area contributed by atoms with E-state index in [-0.39, 0.29) is 12.3 Å². The standard InChI is InChI=1S/C13H14N4O2/c1-3-17-11(10(8-14)15-16-17)9-19-13-7-5-4-6-12(13)18-2/h4-7H,3,9H2,1-2H3. The van der Waals surface area contributed by atoms with Crippen molar-refractivity contribution in [1.82, 2.24) is 15.0 Å². The Morgan fingerprint density at radius 1 is 1.32 bits per heavy atom. The molecule has 0 aliphatic rings. The van der Waals surface area contributed by atoms with Gasteiger partial charge in [0.2, 0.25) is 0 Å². The fraction of sp³-hybridized carbons (Fsp3) is 0.308. The quantitative estimate of drug-likeness (QED) is 0.817. The molecule has 6 nitrogen and oxygen atoms in total. The number of nitriles is 1. The average Bonchev–Trinajstić information content (AvgIpc) is 2.87. The van der Waals surface area contributed by atoms with Crippen LogP contribution in [0, 0.1) is 11.3 Å². The number of methoxy groups -OCH3 is 1. The van der Waals surface area contributed by atoms with Gasteiger partial charge in [0.25, 0.3) is 0 Å². The van der Waals surface area contributed by atoms with Gasteiger partial charge in [0.05, 0.1) is 7.11 Å². The molecule has 0 atom stereocenters. The molecule has 0 radical (unpaired) electrons. The highest BCUT2D eigenvalue weighted by atomic mass is 16.5. The molecule has 1 aromatic heterocycles. The molecule has 0 saturated heterocycles. The van der Waals surface area contributed by atoms with Crippen LogP contribution in [0.4, 0.5) is 0 Å². The zero-order valence-electron chi connectivity index (χ0n) is 10.8. The number of nitrogens with zero attached hydrogens (tertiary/aromatic N) is 4. The van der Waals surface area contributed by atoms with E-state index in [1.54, 1.807) is 11.8 Å². The van der Waals surface area contributed by atoms with Gasteiger partial charge in [0, 0.05) is 6.54 Å². The van der Waals surface area contributed by atoms with Gasteiger partial charge in [-0.2, -0.15) is 5.26 Å². The first-order chi connectivity index (χ1) is 9.30. The highest BCUT2D eigenvalue weighted by Gasteiger charge is 2.13. The third kappa shape index (κ3) is 2.65. The van der Waals surface area contributed by atoms with E-state index >= 15 is 0 Å². The van der Waals surface area contributed by atoms with Gasteiger partial charge in [0.1, 0.15) is 18.4 Å². The summed E-state index contributed by atoms with van der Waals surface area (Å²) in [7, 11) is 1.58. The Morgan fingerprint density at radius 2 is 2.05 bits per heavy atom. The van der Waals surface area contributed by atoms with Crippen molar-refractivity contribution in [2.24, 2.45) is 0 Å². The zero-order chi connectivity index (χ0) is 13.7. The van der Waals surface area contributed by atoms with Crippen molar-refractivity contribution in [3.8, 4) is 17.6 Å². The van der Waals surface area contributed by atoms with Crippen LogP contribution in [0.25, 0.3) is 0 Å². The zero-order valence-corrected chi connectivity index (χ0v) is 10.8. The molecular weight excluding hydrogens is 244 g/mol. The van der Waals surface area contributed by atoms with Crippen molar-refractivity contribution in [2.75, 3.05) is 7.11 Å². The minimum atomic E-state index is 0.226. The normalized spacial score (nSPS) is 9.95. The second-order valence-electron chi connectivity index (χ2n) is 3.75. The van der Waals surface area contributed by atoms with E-state index in [2.05, 4.69) is 10.3 Å². The maximum atomic E-state index is 8.98. The number of benzene rings is 1. The predicted molar refractivity (Wildman–Crippen MR) is 67.7 cm³/mol. The highest BCUT2D eigenvalue weighted by molar-refractivity contribution is 5.39. The van der Waals surface area contributed by atoms with Crippen LogP contribution in [-0.2, 0) is 13.2 Å². The van der Waals surface area contributed by atoms with Crippen LogP contribution in [-0.4, -0.2) is 22.1 Å². The lowest BCUT2D eigenvalue weighted by Gasteiger charge is -2.10. The largest absolute Gasteiger partial charge is 0.493 e. The molecule has 0 spiro atoms. The van der Waals surface area contributed by atoms with Crippen LogP contribution in [0.5, 0.6) is 11.5 Å². The molecule has 19 heavy (non-hydrogen) atoms. The van der Waals surface area contributed by atoms with Crippen LogP contribution in [0.15, 0.2) is 24.3 Å². The average molecular weight is 258 g/mol. The summed E-state index contributed by atoms with van der Waals surface area (Å²) in [6.07, 6.45) is 0. The fourth-order valence-corrected chi connectivity index (χ4v) is 1.70. The number of para-hydroxylation sites is 2.